The van der Waals surface area contributed by atoms with Gasteiger partial charge in [0.1, 0.15) is 5.82 Å². The van der Waals surface area contributed by atoms with Crippen molar-refractivity contribution >= 4 is 21.6 Å². The van der Waals surface area contributed by atoms with Gasteiger partial charge in [-0.3, -0.25) is 0 Å². The highest BCUT2D eigenvalue weighted by atomic mass is 32.2. The first-order valence-corrected chi connectivity index (χ1v) is 11.4. The molecule has 0 aliphatic carbocycles. The number of rotatable bonds is 8. The van der Waals surface area contributed by atoms with Gasteiger partial charge in [0, 0.05) is 24.1 Å². The Morgan fingerprint density at radius 1 is 1.03 bits per heavy atom. The van der Waals surface area contributed by atoms with E-state index >= 15 is 0 Å². The van der Waals surface area contributed by atoms with E-state index in [1.165, 1.54) is 36.4 Å². The van der Waals surface area contributed by atoms with E-state index in [0.717, 1.165) is 0 Å². The molecule has 0 heterocycles. The molecule has 0 aliphatic heterocycles. The largest absolute Gasteiger partial charge is 0.463 e. The number of aliphatic hydroxyl groups excluding tert-OH is 1. The van der Waals surface area contributed by atoms with Gasteiger partial charge in [-0.25, -0.2) is 22.3 Å². The zero-order chi connectivity index (χ0) is 23.2. The third-order valence-electron chi connectivity index (χ3n) is 4.21. The summed E-state index contributed by atoms with van der Waals surface area (Å²) in [4.78, 5) is 12.7. The van der Waals surface area contributed by atoms with Gasteiger partial charge in [-0.2, -0.15) is 0 Å². The van der Waals surface area contributed by atoms with Crippen molar-refractivity contribution in [3.8, 4) is 0 Å². The molecule has 31 heavy (non-hydrogen) atoms. The lowest BCUT2D eigenvalue weighted by atomic mass is 9.91. The minimum Gasteiger partial charge on any atom is -0.463 e. The molecule has 0 unspecified atom stereocenters. The number of benzene rings is 2. The summed E-state index contributed by atoms with van der Waals surface area (Å²) in [5, 5.41) is 9.51. The van der Waals surface area contributed by atoms with Gasteiger partial charge in [0.2, 0.25) is 10.0 Å². The van der Waals surface area contributed by atoms with E-state index < -0.39 is 27.3 Å². The molecule has 0 fully saturated rings. The Morgan fingerprint density at radius 2 is 1.55 bits per heavy atom. The van der Waals surface area contributed by atoms with Crippen molar-refractivity contribution in [1.29, 1.82) is 0 Å². The highest BCUT2D eigenvalue weighted by Crippen LogP contribution is 2.30. The molecule has 8 heteroatoms. The first-order chi connectivity index (χ1) is 14.5. The van der Waals surface area contributed by atoms with Crippen LogP contribution in [0.25, 0.3) is 5.57 Å². The second-order valence-electron chi connectivity index (χ2n) is 7.93. The van der Waals surface area contributed by atoms with Crippen LogP contribution in [-0.2, 0) is 19.6 Å². The lowest BCUT2D eigenvalue weighted by molar-refractivity contribution is -0.138. The third kappa shape index (κ3) is 6.72. The van der Waals surface area contributed by atoms with Crippen LogP contribution >= 0.6 is 0 Å². The summed E-state index contributed by atoms with van der Waals surface area (Å²) in [6.45, 7) is 6.77. The van der Waals surface area contributed by atoms with Crippen molar-refractivity contribution < 1.29 is 27.4 Å². The number of esters is 1. The van der Waals surface area contributed by atoms with Crippen molar-refractivity contribution in [1.82, 2.24) is 4.72 Å². The van der Waals surface area contributed by atoms with Gasteiger partial charge in [0.25, 0.3) is 0 Å². The minimum absolute atomic E-state index is 0.0250. The molecule has 2 aromatic carbocycles. The molecule has 0 aromatic heterocycles. The number of carbonyl (C=O) groups excluding carboxylic acids is 1. The van der Waals surface area contributed by atoms with Gasteiger partial charge >= 0.3 is 5.97 Å². The van der Waals surface area contributed by atoms with Crippen LogP contribution in [0.3, 0.4) is 0 Å². The summed E-state index contributed by atoms with van der Waals surface area (Å²) in [6.07, 6.45) is 0.0250. The van der Waals surface area contributed by atoms with Crippen LogP contribution in [-0.4, -0.2) is 38.2 Å². The van der Waals surface area contributed by atoms with E-state index in [1.54, 1.807) is 39.8 Å². The first-order valence-electron chi connectivity index (χ1n) is 9.90. The highest BCUT2D eigenvalue weighted by Gasteiger charge is 2.23. The maximum Gasteiger partial charge on any atom is 0.334 e. The smallest absolute Gasteiger partial charge is 0.334 e. The van der Waals surface area contributed by atoms with Crippen LogP contribution in [0, 0.1) is 5.82 Å². The molecule has 0 spiro atoms. The number of ether oxygens (including phenoxy) is 1. The van der Waals surface area contributed by atoms with Crippen LogP contribution in [0.4, 0.5) is 4.39 Å². The lowest BCUT2D eigenvalue weighted by Gasteiger charge is -2.20. The van der Waals surface area contributed by atoms with Crippen LogP contribution in [0.1, 0.15) is 45.2 Å². The number of aliphatic hydroxyl groups is 1. The Hall–Kier alpha value is -2.55. The summed E-state index contributed by atoms with van der Waals surface area (Å²) in [6, 6.07) is 11.6. The Labute approximate surface area is 182 Å². The number of hydrogen-bond acceptors (Lipinski definition) is 5. The van der Waals surface area contributed by atoms with E-state index in [4.69, 9.17) is 4.74 Å². The average Bonchev–Trinajstić information content (AvgIpc) is 2.68. The SMILES string of the molecule is CCOC(=O)/C(CCO)=C(/c1ccc(F)cc1)c1ccc(S(=O)(=O)NC(C)(C)C)cc1. The van der Waals surface area contributed by atoms with Gasteiger partial charge in [-0.15, -0.1) is 0 Å². The molecule has 0 bridgehead atoms. The molecule has 2 N–H and O–H groups in total. The molecular formula is C23H28FNO5S. The topological polar surface area (TPSA) is 92.7 Å². The third-order valence-corrected chi connectivity index (χ3v) is 5.99. The molecule has 0 saturated carbocycles. The Morgan fingerprint density at radius 3 is 2.00 bits per heavy atom. The maximum atomic E-state index is 13.5. The summed E-state index contributed by atoms with van der Waals surface area (Å²) in [5.74, 6) is -1.03. The van der Waals surface area contributed by atoms with Crippen LogP contribution in [0.5, 0.6) is 0 Å². The standard InChI is InChI=1S/C23H28FNO5S/c1-5-30-22(27)20(14-15-26)21(16-6-10-18(24)11-7-16)17-8-12-19(13-9-17)31(28,29)25-23(2,3)4/h6-13,25-26H,5,14-15H2,1-4H3/b21-20-. The second-order valence-corrected chi connectivity index (χ2v) is 9.62. The fourth-order valence-corrected chi connectivity index (χ4v) is 4.47. The number of hydrogen-bond donors (Lipinski definition) is 2. The molecule has 0 saturated heterocycles. The molecule has 168 valence electrons. The molecular weight excluding hydrogens is 421 g/mol. The Balaban J connectivity index is 2.63. The van der Waals surface area contributed by atoms with Crippen molar-refractivity contribution in [2.45, 2.75) is 44.6 Å². The fourth-order valence-electron chi connectivity index (χ4n) is 3.05. The first kappa shape index (κ1) is 24.7. The van der Waals surface area contributed by atoms with Gasteiger partial charge in [0.15, 0.2) is 0 Å². The lowest BCUT2D eigenvalue weighted by Crippen LogP contribution is -2.40. The average molecular weight is 450 g/mol. The van der Waals surface area contributed by atoms with Gasteiger partial charge in [-0.1, -0.05) is 24.3 Å². The van der Waals surface area contributed by atoms with Crippen LogP contribution in [0.15, 0.2) is 59.0 Å². The van der Waals surface area contributed by atoms with E-state index in [1.807, 2.05) is 0 Å². The monoisotopic (exact) mass is 449 g/mol. The zero-order valence-electron chi connectivity index (χ0n) is 18.1. The quantitative estimate of drug-likeness (QED) is 0.474. The number of halogens is 1. The van der Waals surface area contributed by atoms with Gasteiger partial charge < -0.3 is 9.84 Å². The maximum absolute atomic E-state index is 13.5. The van der Waals surface area contributed by atoms with Crippen molar-refractivity contribution in [3.63, 3.8) is 0 Å². The van der Waals surface area contributed by atoms with E-state index in [9.17, 15) is 22.7 Å². The summed E-state index contributed by atoms with van der Waals surface area (Å²) < 4.78 is 46.4. The summed E-state index contributed by atoms with van der Waals surface area (Å²) in [5.41, 5.74) is 1.10. The molecule has 0 aliphatic rings. The summed E-state index contributed by atoms with van der Waals surface area (Å²) in [7, 11) is -3.73. The van der Waals surface area contributed by atoms with Gasteiger partial charge in [0.05, 0.1) is 11.5 Å². The number of nitrogens with one attached hydrogen (secondary N) is 1. The molecule has 6 nitrogen and oxygen atoms in total. The zero-order valence-corrected chi connectivity index (χ0v) is 18.9. The van der Waals surface area contributed by atoms with Crippen molar-refractivity contribution in [2.24, 2.45) is 0 Å². The van der Waals surface area contributed by atoms with Crippen LogP contribution in [0.2, 0.25) is 0 Å². The molecule has 2 rings (SSSR count). The van der Waals surface area contributed by atoms with Crippen LogP contribution < -0.4 is 4.72 Å². The van der Waals surface area contributed by atoms with E-state index in [-0.39, 0.29) is 30.1 Å². The van der Waals surface area contributed by atoms with Gasteiger partial charge in [-0.05, 0) is 68.7 Å². The van der Waals surface area contributed by atoms with E-state index in [2.05, 4.69) is 4.72 Å². The molecule has 0 amide bonds. The predicted molar refractivity (Wildman–Crippen MR) is 117 cm³/mol. The second kappa shape index (κ2) is 10.2. The predicted octanol–water partition coefficient (Wildman–Crippen LogP) is 3.65. The van der Waals surface area contributed by atoms with Crippen molar-refractivity contribution in [2.75, 3.05) is 13.2 Å². The number of sulfonamides is 1. The Bertz CT molecular complexity index is 1040. The molecule has 2 aromatic rings. The fraction of sp³-hybridized carbons (Fsp3) is 0.348. The minimum atomic E-state index is -3.73. The molecule has 0 radical (unpaired) electrons. The van der Waals surface area contributed by atoms with Crippen molar-refractivity contribution in [3.05, 3.63) is 71.0 Å². The number of carbonyl (C=O) groups is 1. The molecule has 0 atom stereocenters. The summed E-state index contributed by atoms with van der Waals surface area (Å²) >= 11 is 0. The Kier molecular flexibility index (Phi) is 8.11. The highest BCUT2D eigenvalue weighted by molar-refractivity contribution is 7.89. The normalized spacial score (nSPS) is 13.0. The van der Waals surface area contributed by atoms with E-state index in [0.29, 0.717) is 16.7 Å².